The van der Waals surface area contributed by atoms with Crippen LogP contribution in [-0.4, -0.2) is 73.5 Å². The number of amides is 2. The number of hydrogen-bond donors (Lipinski definition) is 1. The number of hydrogen-bond acceptors (Lipinski definition) is 4. The van der Waals surface area contributed by atoms with Crippen molar-refractivity contribution in [2.24, 2.45) is 5.92 Å². The van der Waals surface area contributed by atoms with E-state index in [1.54, 1.807) is 4.90 Å². The van der Waals surface area contributed by atoms with Gasteiger partial charge in [0.2, 0.25) is 11.8 Å². The molecule has 1 aromatic carbocycles. The minimum Gasteiger partial charge on any atom is -0.354 e. The summed E-state index contributed by atoms with van der Waals surface area (Å²) in [6, 6.07) is 10.0. The number of carbonyl (C=O) groups excluding carboxylic acids is 2. The molecule has 4 aliphatic rings. The maximum Gasteiger partial charge on any atom is 0.227 e. The van der Waals surface area contributed by atoms with Crippen molar-refractivity contribution in [3.63, 3.8) is 0 Å². The van der Waals surface area contributed by atoms with E-state index >= 15 is 0 Å². The summed E-state index contributed by atoms with van der Waals surface area (Å²) >= 11 is 0. The molecule has 2 amide bonds. The van der Waals surface area contributed by atoms with Gasteiger partial charge in [-0.15, -0.1) is 0 Å². The number of fused-ring (bicyclic) bond motifs is 3. The van der Waals surface area contributed by atoms with E-state index in [1.807, 2.05) is 30.3 Å². The van der Waals surface area contributed by atoms with Crippen LogP contribution in [-0.2, 0) is 9.59 Å². The first-order valence-corrected chi connectivity index (χ1v) is 8.80. The van der Waals surface area contributed by atoms with Crippen molar-refractivity contribution < 1.29 is 9.59 Å². The van der Waals surface area contributed by atoms with Gasteiger partial charge in [0.25, 0.3) is 0 Å². The zero-order valence-corrected chi connectivity index (χ0v) is 13.9. The van der Waals surface area contributed by atoms with Gasteiger partial charge in [-0.25, -0.2) is 0 Å². The van der Waals surface area contributed by atoms with Gasteiger partial charge in [0, 0.05) is 64.0 Å². The molecule has 6 heteroatoms. The smallest absolute Gasteiger partial charge is 0.227 e. The van der Waals surface area contributed by atoms with Gasteiger partial charge in [-0.3, -0.25) is 19.4 Å². The molecular formula is C18H24N4O2. The lowest BCUT2D eigenvalue weighted by Crippen LogP contribution is -2.63. The van der Waals surface area contributed by atoms with Crippen molar-refractivity contribution in [1.29, 1.82) is 0 Å². The first kappa shape index (κ1) is 15.6. The zero-order chi connectivity index (χ0) is 16.5. The van der Waals surface area contributed by atoms with Crippen LogP contribution in [0.15, 0.2) is 30.3 Å². The SMILES string of the molecule is O=C(NCC1CN2CCN1CC2)C1CC(=O)N(c2ccccc2)C1. The van der Waals surface area contributed by atoms with E-state index in [-0.39, 0.29) is 17.7 Å². The molecule has 0 saturated carbocycles. The Balaban J connectivity index is 1.32. The fourth-order valence-corrected chi connectivity index (χ4v) is 4.02. The number of carbonyl (C=O) groups is 2. The molecule has 4 saturated heterocycles. The summed E-state index contributed by atoms with van der Waals surface area (Å²) in [6.07, 6.45) is 0.307. The van der Waals surface area contributed by atoms with Crippen LogP contribution in [0.1, 0.15) is 6.42 Å². The number of benzene rings is 1. The van der Waals surface area contributed by atoms with Crippen molar-refractivity contribution in [3.05, 3.63) is 30.3 Å². The molecule has 24 heavy (non-hydrogen) atoms. The quantitative estimate of drug-likeness (QED) is 0.855. The Bertz CT molecular complexity index is 613. The molecule has 0 aliphatic carbocycles. The van der Waals surface area contributed by atoms with E-state index in [0.29, 0.717) is 25.6 Å². The van der Waals surface area contributed by atoms with Gasteiger partial charge in [-0.1, -0.05) is 18.2 Å². The van der Waals surface area contributed by atoms with Crippen molar-refractivity contribution in [1.82, 2.24) is 15.1 Å². The third kappa shape index (κ3) is 3.03. The van der Waals surface area contributed by atoms with E-state index < -0.39 is 0 Å². The molecule has 128 valence electrons. The summed E-state index contributed by atoms with van der Waals surface area (Å²) in [5, 5.41) is 3.09. The molecule has 5 rings (SSSR count). The van der Waals surface area contributed by atoms with Crippen LogP contribution in [0, 0.1) is 5.92 Å². The molecule has 4 aliphatic heterocycles. The Morgan fingerprint density at radius 2 is 1.83 bits per heavy atom. The summed E-state index contributed by atoms with van der Waals surface area (Å²) in [6.45, 7) is 6.70. The fraction of sp³-hybridized carbons (Fsp3) is 0.556. The second-order valence-corrected chi connectivity index (χ2v) is 6.98. The molecule has 4 heterocycles. The normalized spacial score (nSPS) is 32.2. The van der Waals surface area contributed by atoms with Crippen LogP contribution < -0.4 is 10.2 Å². The number of anilines is 1. The van der Waals surface area contributed by atoms with Crippen molar-refractivity contribution >= 4 is 17.5 Å². The van der Waals surface area contributed by atoms with Gasteiger partial charge >= 0.3 is 0 Å². The highest BCUT2D eigenvalue weighted by molar-refractivity contribution is 6.00. The van der Waals surface area contributed by atoms with Gasteiger partial charge in [-0.2, -0.15) is 0 Å². The standard InChI is InChI=1S/C18H24N4O2/c23-17-10-14(12-22(17)15-4-2-1-3-5-15)18(24)19-11-16-13-20-6-8-21(16)9-7-20/h1-5,14,16H,6-13H2,(H,19,24). The van der Waals surface area contributed by atoms with E-state index in [9.17, 15) is 9.59 Å². The predicted octanol–water partition coefficient (Wildman–Crippen LogP) is 0.156. The van der Waals surface area contributed by atoms with Crippen LogP contribution in [0.25, 0.3) is 0 Å². The number of nitrogens with zero attached hydrogens (tertiary/aromatic N) is 3. The minimum atomic E-state index is -0.242. The first-order chi connectivity index (χ1) is 11.7. The number of rotatable bonds is 4. The van der Waals surface area contributed by atoms with Gasteiger partial charge in [0.15, 0.2) is 0 Å². The Morgan fingerprint density at radius 1 is 1.08 bits per heavy atom. The molecule has 1 N–H and O–H groups in total. The second-order valence-electron chi connectivity index (χ2n) is 6.98. The monoisotopic (exact) mass is 328 g/mol. The Kier molecular flexibility index (Phi) is 4.24. The summed E-state index contributed by atoms with van der Waals surface area (Å²) in [7, 11) is 0. The Morgan fingerprint density at radius 3 is 2.50 bits per heavy atom. The largest absolute Gasteiger partial charge is 0.354 e. The second kappa shape index (κ2) is 6.53. The average Bonchev–Trinajstić information content (AvgIpc) is 3.03. The molecular weight excluding hydrogens is 304 g/mol. The molecule has 0 spiro atoms. The predicted molar refractivity (Wildman–Crippen MR) is 91.7 cm³/mol. The van der Waals surface area contributed by atoms with E-state index in [2.05, 4.69) is 15.1 Å². The van der Waals surface area contributed by atoms with Gasteiger partial charge < -0.3 is 10.2 Å². The van der Waals surface area contributed by atoms with Gasteiger partial charge in [0.05, 0.1) is 5.92 Å². The molecule has 0 aromatic heterocycles. The van der Waals surface area contributed by atoms with Crippen LogP contribution in [0.3, 0.4) is 0 Å². The fourth-order valence-electron chi connectivity index (χ4n) is 4.02. The number of para-hydroxylation sites is 1. The van der Waals surface area contributed by atoms with Crippen LogP contribution in [0.4, 0.5) is 5.69 Å². The summed E-state index contributed by atoms with van der Waals surface area (Å²) in [5.74, 6) is -0.193. The van der Waals surface area contributed by atoms with Crippen LogP contribution >= 0.6 is 0 Å². The van der Waals surface area contributed by atoms with Gasteiger partial charge in [-0.05, 0) is 12.1 Å². The van der Waals surface area contributed by atoms with E-state index in [0.717, 1.165) is 38.4 Å². The lowest BCUT2D eigenvalue weighted by atomic mass is 10.1. The average molecular weight is 328 g/mol. The molecule has 6 nitrogen and oxygen atoms in total. The third-order valence-electron chi connectivity index (χ3n) is 5.47. The summed E-state index contributed by atoms with van der Waals surface area (Å²) in [5.41, 5.74) is 0.876. The van der Waals surface area contributed by atoms with Gasteiger partial charge in [0.1, 0.15) is 0 Å². The zero-order valence-electron chi connectivity index (χ0n) is 13.9. The Labute approximate surface area is 142 Å². The number of piperazine rings is 3. The summed E-state index contributed by atoms with van der Waals surface area (Å²) < 4.78 is 0. The molecule has 0 radical (unpaired) electrons. The third-order valence-corrected chi connectivity index (χ3v) is 5.47. The Hall–Kier alpha value is -1.92. The van der Waals surface area contributed by atoms with E-state index in [1.165, 1.54) is 0 Å². The van der Waals surface area contributed by atoms with Crippen molar-refractivity contribution in [2.75, 3.05) is 50.7 Å². The maximum absolute atomic E-state index is 12.5. The maximum atomic E-state index is 12.5. The molecule has 4 fully saturated rings. The lowest BCUT2D eigenvalue weighted by molar-refractivity contribution is -0.126. The molecule has 2 unspecified atom stereocenters. The highest BCUT2D eigenvalue weighted by Gasteiger charge is 2.36. The minimum absolute atomic E-state index is 0.0134. The lowest BCUT2D eigenvalue weighted by Gasteiger charge is -2.47. The number of nitrogens with one attached hydrogen (secondary N) is 1. The van der Waals surface area contributed by atoms with Crippen molar-refractivity contribution in [3.8, 4) is 0 Å². The van der Waals surface area contributed by atoms with E-state index in [4.69, 9.17) is 0 Å². The molecule has 2 atom stereocenters. The van der Waals surface area contributed by atoms with Crippen LogP contribution in [0.5, 0.6) is 0 Å². The summed E-state index contributed by atoms with van der Waals surface area (Å²) in [4.78, 5) is 31.4. The van der Waals surface area contributed by atoms with Crippen molar-refractivity contribution in [2.45, 2.75) is 12.5 Å². The van der Waals surface area contributed by atoms with Crippen LogP contribution in [0.2, 0.25) is 0 Å². The highest BCUT2D eigenvalue weighted by atomic mass is 16.2. The first-order valence-electron chi connectivity index (χ1n) is 8.80. The topological polar surface area (TPSA) is 55.9 Å². The molecule has 1 aromatic rings. The molecule has 2 bridgehead atoms. The highest BCUT2D eigenvalue weighted by Crippen LogP contribution is 2.25.